The van der Waals surface area contributed by atoms with Gasteiger partial charge in [-0.2, -0.15) is 5.10 Å². The number of aliphatic hydroxyl groups is 1. The molecular weight excluding hydrogens is 645 g/mol. The second-order valence-corrected chi connectivity index (χ2v) is 17.4. The summed E-state index contributed by atoms with van der Waals surface area (Å²) in [5, 5.41) is 14.1. The van der Waals surface area contributed by atoms with Crippen molar-refractivity contribution in [3.05, 3.63) is 97.8 Å². The summed E-state index contributed by atoms with van der Waals surface area (Å²) in [6.45, 7) is 0.312. The first-order valence-corrected chi connectivity index (χ1v) is 18.0. The Balaban J connectivity index is 1.66. The van der Waals surface area contributed by atoms with Gasteiger partial charge in [-0.15, -0.1) is 22.7 Å². The van der Waals surface area contributed by atoms with Gasteiger partial charge in [-0.3, -0.25) is 4.68 Å². The van der Waals surface area contributed by atoms with Gasteiger partial charge >= 0.3 is 0 Å². The number of rotatable bonds is 11. The second-order valence-electron chi connectivity index (χ2n) is 9.29. The topological polar surface area (TPSA) is 132 Å². The smallest absolute Gasteiger partial charge is 0.196 e. The molecule has 216 valence electrons. The summed E-state index contributed by atoms with van der Waals surface area (Å²) >= 11 is 13.9. The quantitative estimate of drug-likeness (QED) is 0.180. The Morgan fingerprint density at radius 1 is 0.902 bits per heavy atom. The van der Waals surface area contributed by atoms with Crippen molar-refractivity contribution in [2.24, 2.45) is 5.73 Å². The van der Waals surface area contributed by atoms with Crippen LogP contribution in [0.15, 0.2) is 75.1 Å². The van der Waals surface area contributed by atoms with Crippen molar-refractivity contribution in [2.75, 3.05) is 5.75 Å². The minimum Gasteiger partial charge on any atom is -0.392 e. The van der Waals surface area contributed by atoms with E-state index in [4.69, 9.17) is 34.0 Å². The number of aromatic nitrogens is 2. The number of thiophene rings is 2. The van der Waals surface area contributed by atoms with Crippen molar-refractivity contribution in [1.29, 1.82) is 0 Å². The molecule has 5 aromatic rings. The summed E-state index contributed by atoms with van der Waals surface area (Å²) < 4.78 is 57.0. The first-order valence-electron chi connectivity index (χ1n) is 12.4. The summed E-state index contributed by atoms with van der Waals surface area (Å²) in [6, 6.07) is 18.7. The standard InChI is InChI=1S/C27H25Cl2N3O5S4/c28-22-7-9-24(38-22)40(34,35)12-11-21(41(36,37)25-10-8-23(29)39-25)27-26-19(16-33)5-2-6-20(26)32(31-27)15-18-4-1-3-17(13-18)14-30/h1-10,13,21,33H,11-12,14-16,30H2. The average molecular weight is 671 g/mol. The third kappa shape index (κ3) is 6.25. The lowest BCUT2D eigenvalue weighted by atomic mass is 10.1. The minimum absolute atomic E-state index is 0.00360. The van der Waals surface area contributed by atoms with E-state index in [9.17, 15) is 21.9 Å². The fourth-order valence-corrected chi connectivity index (χ4v) is 11.2. The Morgan fingerprint density at radius 3 is 2.20 bits per heavy atom. The molecule has 0 saturated heterocycles. The van der Waals surface area contributed by atoms with Crippen LogP contribution >= 0.6 is 45.9 Å². The molecule has 5 rings (SSSR count). The van der Waals surface area contributed by atoms with Crippen molar-refractivity contribution < 1.29 is 21.9 Å². The van der Waals surface area contributed by atoms with Gasteiger partial charge in [0.25, 0.3) is 0 Å². The number of sulfone groups is 2. The molecule has 8 nitrogen and oxygen atoms in total. The van der Waals surface area contributed by atoms with Crippen LogP contribution in [-0.4, -0.2) is 37.5 Å². The van der Waals surface area contributed by atoms with E-state index in [-0.39, 0.29) is 31.5 Å². The highest BCUT2D eigenvalue weighted by molar-refractivity contribution is 7.94. The fraction of sp³-hybridized carbons (Fsp3) is 0.222. The van der Waals surface area contributed by atoms with Gasteiger partial charge in [-0.1, -0.05) is 59.6 Å². The monoisotopic (exact) mass is 669 g/mol. The number of nitrogens with two attached hydrogens (primary N) is 1. The summed E-state index contributed by atoms with van der Waals surface area (Å²) in [5.74, 6) is -0.457. The lowest BCUT2D eigenvalue weighted by Crippen LogP contribution is -2.19. The molecule has 0 aliphatic heterocycles. The van der Waals surface area contributed by atoms with Gasteiger partial charge in [-0.05, 0) is 53.4 Å². The zero-order valence-corrected chi connectivity index (χ0v) is 26.2. The van der Waals surface area contributed by atoms with Crippen LogP contribution in [0.25, 0.3) is 10.9 Å². The van der Waals surface area contributed by atoms with Crippen LogP contribution in [0.1, 0.15) is 34.1 Å². The molecule has 14 heteroatoms. The Hall–Kier alpha value is -2.29. The van der Waals surface area contributed by atoms with Gasteiger partial charge in [0.1, 0.15) is 13.7 Å². The number of hydrogen-bond acceptors (Lipinski definition) is 9. The molecule has 3 N–H and O–H groups in total. The molecule has 1 unspecified atom stereocenters. The minimum atomic E-state index is -4.15. The molecule has 0 aliphatic rings. The van der Waals surface area contributed by atoms with Gasteiger partial charge in [0.05, 0.1) is 38.8 Å². The van der Waals surface area contributed by atoms with Crippen molar-refractivity contribution >= 4 is 76.5 Å². The van der Waals surface area contributed by atoms with Gasteiger partial charge < -0.3 is 10.8 Å². The molecule has 1 atom stereocenters. The van der Waals surface area contributed by atoms with E-state index in [1.807, 2.05) is 24.3 Å². The van der Waals surface area contributed by atoms with E-state index in [0.717, 1.165) is 33.8 Å². The maximum Gasteiger partial charge on any atom is 0.196 e. The van der Waals surface area contributed by atoms with Crippen LogP contribution in [-0.2, 0) is 39.4 Å². The van der Waals surface area contributed by atoms with Crippen LogP contribution in [0.5, 0.6) is 0 Å². The van der Waals surface area contributed by atoms with Crippen molar-refractivity contribution in [2.45, 2.75) is 39.8 Å². The van der Waals surface area contributed by atoms with Crippen LogP contribution in [0.4, 0.5) is 0 Å². The van der Waals surface area contributed by atoms with E-state index in [1.165, 1.54) is 24.3 Å². The molecule has 0 amide bonds. The second kappa shape index (κ2) is 12.1. The zero-order valence-electron chi connectivity index (χ0n) is 21.4. The van der Waals surface area contributed by atoms with Crippen molar-refractivity contribution in [1.82, 2.24) is 9.78 Å². The Morgan fingerprint density at radius 2 is 1.56 bits per heavy atom. The maximum atomic E-state index is 14.1. The Kier molecular flexibility index (Phi) is 8.93. The SMILES string of the molecule is NCc1cccc(Cn2nc(C(CCS(=O)(=O)c3ccc(Cl)s3)S(=O)(=O)c3ccc(Cl)s3)c3c(CO)cccc32)c1. The predicted molar refractivity (Wildman–Crippen MR) is 164 cm³/mol. The molecule has 3 aromatic heterocycles. The number of halogens is 2. The van der Waals surface area contributed by atoms with E-state index in [0.29, 0.717) is 33.9 Å². The van der Waals surface area contributed by atoms with Gasteiger partial charge in [0.2, 0.25) is 0 Å². The number of benzene rings is 2. The molecule has 0 radical (unpaired) electrons. The van der Waals surface area contributed by atoms with Crippen LogP contribution < -0.4 is 5.73 Å². The number of nitrogens with zero attached hydrogens (tertiary/aromatic N) is 2. The van der Waals surface area contributed by atoms with Crippen LogP contribution in [0.2, 0.25) is 8.67 Å². The summed E-state index contributed by atoms with van der Waals surface area (Å²) in [6.07, 6.45) is -0.274. The Bertz CT molecular complexity index is 1930. The molecule has 0 bridgehead atoms. The molecule has 2 aromatic carbocycles. The Labute approximate surface area is 255 Å². The first-order chi connectivity index (χ1) is 19.5. The number of aliphatic hydroxyl groups excluding tert-OH is 1. The molecule has 0 aliphatic carbocycles. The highest BCUT2D eigenvalue weighted by atomic mass is 35.5. The van der Waals surface area contributed by atoms with E-state index < -0.39 is 30.7 Å². The van der Waals surface area contributed by atoms with Crippen molar-refractivity contribution in [3.63, 3.8) is 0 Å². The lowest BCUT2D eigenvalue weighted by molar-refractivity contribution is 0.283. The van der Waals surface area contributed by atoms with E-state index in [1.54, 1.807) is 22.9 Å². The van der Waals surface area contributed by atoms with E-state index in [2.05, 4.69) is 0 Å². The zero-order chi connectivity index (χ0) is 29.4. The number of hydrogen-bond donors (Lipinski definition) is 2. The van der Waals surface area contributed by atoms with Crippen LogP contribution in [0, 0.1) is 0 Å². The van der Waals surface area contributed by atoms with Crippen LogP contribution in [0.3, 0.4) is 0 Å². The largest absolute Gasteiger partial charge is 0.392 e. The summed E-state index contributed by atoms with van der Waals surface area (Å²) in [4.78, 5) is 0. The van der Waals surface area contributed by atoms with Gasteiger partial charge in [-0.25, -0.2) is 16.8 Å². The van der Waals surface area contributed by atoms with Crippen molar-refractivity contribution in [3.8, 4) is 0 Å². The fourth-order valence-electron chi connectivity index (χ4n) is 4.69. The lowest BCUT2D eigenvalue weighted by Gasteiger charge is -2.16. The molecule has 0 fully saturated rings. The normalized spacial score (nSPS) is 13.2. The first kappa shape index (κ1) is 30.2. The number of fused-ring (bicyclic) bond motifs is 1. The van der Waals surface area contributed by atoms with Gasteiger partial charge in [0, 0.05) is 11.9 Å². The molecule has 0 saturated carbocycles. The maximum absolute atomic E-state index is 14.1. The molecule has 0 spiro atoms. The molecule has 41 heavy (non-hydrogen) atoms. The molecule has 3 heterocycles. The van der Waals surface area contributed by atoms with E-state index >= 15 is 0 Å². The highest BCUT2D eigenvalue weighted by Crippen LogP contribution is 2.41. The highest BCUT2D eigenvalue weighted by Gasteiger charge is 2.36. The summed E-state index contributed by atoms with van der Waals surface area (Å²) in [7, 11) is -7.99. The third-order valence-electron chi connectivity index (χ3n) is 6.63. The predicted octanol–water partition coefficient (Wildman–Crippen LogP) is 5.84. The third-order valence-corrected chi connectivity index (χ3v) is 14.1. The average Bonchev–Trinajstić information content (AvgIpc) is 3.68. The van der Waals surface area contributed by atoms with Gasteiger partial charge in [0.15, 0.2) is 19.7 Å². The summed E-state index contributed by atoms with van der Waals surface area (Å²) in [5.41, 5.74) is 8.92. The molecular formula is C27H25Cl2N3O5S4.